The van der Waals surface area contributed by atoms with Crippen LogP contribution in [0.4, 0.5) is 10.8 Å². The highest BCUT2D eigenvalue weighted by Crippen LogP contribution is 2.25. The second-order valence-electron chi connectivity index (χ2n) is 7.50. The molecule has 0 saturated heterocycles. The van der Waals surface area contributed by atoms with Crippen molar-refractivity contribution in [3.63, 3.8) is 0 Å². The van der Waals surface area contributed by atoms with Crippen molar-refractivity contribution in [2.75, 3.05) is 30.1 Å². The first-order valence-electron chi connectivity index (χ1n) is 10.4. The minimum atomic E-state index is -3.54. The molecule has 0 aliphatic rings. The van der Waals surface area contributed by atoms with E-state index in [1.54, 1.807) is 5.38 Å². The highest BCUT2D eigenvalue weighted by Gasteiger charge is 2.28. The van der Waals surface area contributed by atoms with Gasteiger partial charge >= 0.3 is 5.97 Å². The average Bonchev–Trinajstić information content (AvgIpc) is 3.46. The SMILES string of the molecule is CS(=O)(=O)n1ccc(NC(=O)[C@H](COCCCC(=O)O)C(=O)Nc2nc(-c3ccccc3)cs2)c1. The zero-order valence-electron chi connectivity index (χ0n) is 18.7. The van der Waals surface area contributed by atoms with Gasteiger partial charge in [0.25, 0.3) is 0 Å². The Morgan fingerprint density at radius 2 is 1.86 bits per heavy atom. The van der Waals surface area contributed by atoms with Crippen molar-refractivity contribution >= 4 is 50.0 Å². The molecule has 0 spiro atoms. The lowest BCUT2D eigenvalue weighted by molar-refractivity contribution is -0.138. The molecule has 2 amide bonds. The summed E-state index contributed by atoms with van der Waals surface area (Å²) in [5.74, 6) is -3.66. The number of carboxylic acid groups (broad SMARTS) is 1. The molecule has 1 aromatic carbocycles. The predicted octanol–water partition coefficient (Wildman–Crippen LogP) is 2.49. The summed E-state index contributed by atoms with van der Waals surface area (Å²) in [5.41, 5.74) is 1.72. The van der Waals surface area contributed by atoms with E-state index < -0.39 is 33.7 Å². The number of ether oxygens (including phenoxy) is 1. The summed E-state index contributed by atoms with van der Waals surface area (Å²) >= 11 is 1.20. The molecule has 3 rings (SSSR count). The van der Waals surface area contributed by atoms with Crippen LogP contribution >= 0.6 is 11.3 Å². The highest BCUT2D eigenvalue weighted by atomic mass is 32.2. The lowest BCUT2D eigenvalue weighted by Crippen LogP contribution is -2.37. The molecule has 0 saturated carbocycles. The zero-order chi connectivity index (χ0) is 25.4. The van der Waals surface area contributed by atoms with Crippen molar-refractivity contribution in [3.8, 4) is 11.3 Å². The van der Waals surface area contributed by atoms with Gasteiger partial charge in [0, 0.05) is 36.4 Å². The van der Waals surface area contributed by atoms with Gasteiger partial charge in [0.1, 0.15) is 5.92 Å². The minimum Gasteiger partial charge on any atom is -0.481 e. The summed E-state index contributed by atoms with van der Waals surface area (Å²) in [6.07, 6.45) is 3.60. The fraction of sp³-hybridized carbons (Fsp3) is 0.273. The van der Waals surface area contributed by atoms with E-state index in [9.17, 15) is 22.8 Å². The summed E-state index contributed by atoms with van der Waals surface area (Å²) in [6.45, 7) is -0.260. The molecule has 186 valence electrons. The normalized spacial score (nSPS) is 12.1. The molecule has 2 aromatic heterocycles. The number of anilines is 2. The van der Waals surface area contributed by atoms with Crippen LogP contribution in [0.1, 0.15) is 12.8 Å². The number of carbonyl (C=O) groups is 3. The molecule has 1 atom stereocenters. The second kappa shape index (κ2) is 11.7. The Hall–Kier alpha value is -3.55. The Balaban J connectivity index is 1.69. The van der Waals surface area contributed by atoms with Gasteiger partial charge in [0.15, 0.2) is 5.13 Å². The van der Waals surface area contributed by atoms with Gasteiger partial charge in [-0.3, -0.25) is 18.4 Å². The van der Waals surface area contributed by atoms with Gasteiger partial charge in [-0.1, -0.05) is 30.3 Å². The van der Waals surface area contributed by atoms with Crippen LogP contribution < -0.4 is 10.6 Å². The van der Waals surface area contributed by atoms with Gasteiger partial charge in [-0.25, -0.2) is 13.4 Å². The van der Waals surface area contributed by atoms with E-state index in [1.807, 2.05) is 30.3 Å². The summed E-state index contributed by atoms with van der Waals surface area (Å²) in [6, 6.07) is 10.8. The maximum atomic E-state index is 12.9. The zero-order valence-corrected chi connectivity index (χ0v) is 20.3. The van der Waals surface area contributed by atoms with Gasteiger partial charge in [0.2, 0.25) is 21.8 Å². The first-order chi connectivity index (χ1) is 16.6. The average molecular weight is 521 g/mol. The number of carboxylic acids is 1. The van der Waals surface area contributed by atoms with Crippen LogP contribution in [0.5, 0.6) is 0 Å². The summed E-state index contributed by atoms with van der Waals surface area (Å²) < 4.78 is 29.6. The molecule has 35 heavy (non-hydrogen) atoms. The van der Waals surface area contributed by atoms with Gasteiger partial charge in [-0.2, -0.15) is 0 Å². The Morgan fingerprint density at radius 3 is 2.51 bits per heavy atom. The fourth-order valence-corrected chi connectivity index (χ4v) is 4.26. The van der Waals surface area contributed by atoms with Crippen molar-refractivity contribution in [3.05, 3.63) is 54.2 Å². The first-order valence-corrected chi connectivity index (χ1v) is 13.2. The largest absolute Gasteiger partial charge is 0.481 e. The number of amides is 2. The minimum absolute atomic E-state index is 0.0449. The van der Waals surface area contributed by atoms with Crippen molar-refractivity contribution in [1.82, 2.24) is 8.96 Å². The quantitative estimate of drug-likeness (QED) is 0.243. The molecule has 0 unspecified atom stereocenters. The van der Waals surface area contributed by atoms with Gasteiger partial charge in [-0.05, 0) is 12.5 Å². The van der Waals surface area contributed by atoms with Crippen LogP contribution in [-0.4, -0.2) is 59.7 Å². The topological polar surface area (TPSA) is 157 Å². The van der Waals surface area contributed by atoms with Crippen molar-refractivity contribution in [1.29, 1.82) is 0 Å². The van der Waals surface area contributed by atoms with Crippen LogP contribution in [-0.2, 0) is 29.1 Å². The van der Waals surface area contributed by atoms with Crippen LogP contribution in [0, 0.1) is 5.92 Å². The Labute approximate surface area is 205 Å². The number of benzene rings is 1. The Morgan fingerprint density at radius 1 is 1.14 bits per heavy atom. The molecule has 13 heteroatoms. The van der Waals surface area contributed by atoms with Crippen molar-refractivity contribution in [2.24, 2.45) is 5.92 Å². The van der Waals surface area contributed by atoms with E-state index in [0.29, 0.717) is 10.8 Å². The number of rotatable bonds is 12. The molecule has 3 aromatic rings. The molecular weight excluding hydrogens is 496 g/mol. The van der Waals surface area contributed by atoms with Gasteiger partial charge in [0.05, 0.1) is 24.2 Å². The molecule has 0 aliphatic carbocycles. The van der Waals surface area contributed by atoms with Crippen molar-refractivity contribution < 1.29 is 32.6 Å². The molecule has 0 aliphatic heterocycles. The molecule has 0 bridgehead atoms. The summed E-state index contributed by atoms with van der Waals surface area (Å²) in [5, 5.41) is 15.9. The molecule has 0 fully saturated rings. The number of aromatic nitrogens is 2. The molecule has 0 radical (unpaired) electrons. The van der Waals surface area contributed by atoms with E-state index in [1.165, 1.54) is 29.8 Å². The number of nitrogens with one attached hydrogen (secondary N) is 2. The monoisotopic (exact) mass is 520 g/mol. The standard InChI is InChI=1S/C22H24N4O7S2/c1-35(31,32)26-10-9-16(12-26)23-20(29)17(13-33-11-5-8-19(27)28)21(30)25-22-24-18(14-34-22)15-6-3-2-4-7-15/h2-4,6-7,9-10,12,14,17H,5,8,11,13H2,1H3,(H,23,29)(H,27,28)(H,24,25,30)/t17-/m0/s1. The first kappa shape index (κ1) is 26.1. The van der Waals surface area contributed by atoms with Gasteiger partial charge < -0.3 is 20.5 Å². The van der Waals surface area contributed by atoms with E-state index in [4.69, 9.17) is 9.84 Å². The molecule has 2 heterocycles. The van der Waals surface area contributed by atoms with E-state index in [-0.39, 0.29) is 31.7 Å². The predicted molar refractivity (Wildman–Crippen MR) is 131 cm³/mol. The maximum absolute atomic E-state index is 12.9. The number of hydrogen-bond acceptors (Lipinski definition) is 8. The summed E-state index contributed by atoms with van der Waals surface area (Å²) in [7, 11) is -3.54. The maximum Gasteiger partial charge on any atom is 0.303 e. The number of aliphatic carboxylic acids is 1. The van der Waals surface area contributed by atoms with E-state index >= 15 is 0 Å². The smallest absolute Gasteiger partial charge is 0.303 e. The molecule has 11 nitrogen and oxygen atoms in total. The third-order valence-electron chi connectivity index (χ3n) is 4.72. The van der Waals surface area contributed by atoms with Gasteiger partial charge in [-0.15, -0.1) is 11.3 Å². The molecular formula is C22H24N4O7S2. The Kier molecular flexibility index (Phi) is 8.73. The summed E-state index contributed by atoms with van der Waals surface area (Å²) in [4.78, 5) is 40.9. The molecule has 3 N–H and O–H groups in total. The second-order valence-corrected chi connectivity index (χ2v) is 10.2. The van der Waals surface area contributed by atoms with Crippen molar-refractivity contribution in [2.45, 2.75) is 12.8 Å². The lowest BCUT2D eigenvalue weighted by atomic mass is 10.1. The fourth-order valence-electron chi connectivity index (χ4n) is 2.95. The number of carbonyl (C=O) groups excluding carboxylic acids is 2. The van der Waals surface area contributed by atoms with E-state index in [2.05, 4.69) is 15.6 Å². The lowest BCUT2D eigenvalue weighted by Gasteiger charge is -2.16. The van der Waals surface area contributed by atoms with Crippen LogP contribution in [0.3, 0.4) is 0 Å². The third-order valence-corrected chi connectivity index (χ3v) is 6.47. The Bertz CT molecular complexity index is 1290. The van der Waals surface area contributed by atoms with Crippen LogP contribution in [0.15, 0.2) is 54.2 Å². The number of hydrogen-bond donors (Lipinski definition) is 3. The van der Waals surface area contributed by atoms with Crippen LogP contribution in [0.2, 0.25) is 0 Å². The number of nitrogens with zero attached hydrogens (tertiary/aromatic N) is 2. The van der Waals surface area contributed by atoms with Crippen LogP contribution in [0.25, 0.3) is 11.3 Å². The number of thiazole rings is 1. The highest BCUT2D eigenvalue weighted by molar-refractivity contribution is 7.89. The van der Waals surface area contributed by atoms with E-state index in [0.717, 1.165) is 15.8 Å². The third kappa shape index (κ3) is 7.73.